The van der Waals surface area contributed by atoms with Crippen molar-refractivity contribution in [2.24, 2.45) is 0 Å². The van der Waals surface area contributed by atoms with Gasteiger partial charge in [0, 0.05) is 17.7 Å². The van der Waals surface area contributed by atoms with Crippen LogP contribution in [-0.2, 0) is 0 Å². The number of nitro groups is 1. The minimum Gasteiger partial charge on any atom is -0.457 e. The lowest BCUT2D eigenvalue weighted by atomic mass is 10.2. The highest BCUT2D eigenvalue weighted by molar-refractivity contribution is 6.00. The van der Waals surface area contributed by atoms with Gasteiger partial charge >= 0.3 is 0 Å². The fourth-order valence-corrected chi connectivity index (χ4v) is 2.35. The molecule has 0 fully saturated rings. The summed E-state index contributed by atoms with van der Waals surface area (Å²) in [6.07, 6.45) is 0. The van der Waals surface area contributed by atoms with Crippen molar-refractivity contribution in [3.63, 3.8) is 0 Å². The highest BCUT2D eigenvalue weighted by atomic mass is 16.6. The molecule has 2 N–H and O–H groups in total. The number of para-hydroxylation sites is 2. The predicted octanol–water partition coefficient (Wildman–Crippen LogP) is 3.46. The van der Waals surface area contributed by atoms with Crippen LogP contribution in [0.5, 0.6) is 11.5 Å². The molecule has 2 amide bonds. The van der Waals surface area contributed by atoms with Crippen LogP contribution in [0.1, 0.15) is 20.7 Å². The summed E-state index contributed by atoms with van der Waals surface area (Å²) in [7, 11) is 0. The van der Waals surface area contributed by atoms with Gasteiger partial charge in [-0.3, -0.25) is 30.6 Å². The Bertz CT molecular complexity index is 1000. The molecular weight excluding hydrogens is 362 g/mol. The number of hydrogen-bond donors (Lipinski definition) is 2. The van der Waals surface area contributed by atoms with Crippen LogP contribution >= 0.6 is 0 Å². The number of benzene rings is 3. The summed E-state index contributed by atoms with van der Waals surface area (Å²) in [5, 5.41) is 10.7. The van der Waals surface area contributed by atoms with Gasteiger partial charge in [0.15, 0.2) is 0 Å². The van der Waals surface area contributed by atoms with Crippen molar-refractivity contribution in [1.82, 2.24) is 10.9 Å². The summed E-state index contributed by atoms with van der Waals surface area (Å²) >= 11 is 0. The number of nitrogens with one attached hydrogen (secondary N) is 2. The molecule has 0 unspecified atom stereocenters. The number of hydrazine groups is 1. The summed E-state index contributed by atoms with van der Waals surface area (Å²) in [6.45, 7) is 0. The number of nitro benzene ring substituents is 1. The normalized spacial score (nSPS) is 10.0. The first-order chi connectivity index (χ1) is 13.5. The first-order valence-corrected chi connectivity index (χ1v) is 8.21. The maximum absolute atomic E-state index is 12.4. The fraction of sp³-hybridized carbons (Fsp3) is 0. The smallest absolute Gasteiger partial charge is 0.273 e. The Kier molecular flexibility index (Phi) is 5.61. The van der Waals surface area contributed by atoms with E-state index in [4.69, 9.17) is 4.74 Å². The van der Waals surface area contributed by atoms with Crippen molar-refractivity contribution in [3.05, 3.63) is 100 Å². The number of non-ortho nitro benzene ring substituents is 1. The largest absolute Gasteiger partial charge is 0.457 e. The van der Waals surface area contributed by atoms with Crippen molar-refractivity contribution in [3.8, 4) is 11.5 Å². The molecule has 8 nitrogen and oxygen atoms in total. The summed E-state index contributed by atoms with van der Waals surface area (Å²) in [4.78, 5) is 34.6. The van der Waals surface area contributed by atoms with Crippen LogP contribution in [0.2, 0.25) is 0 Å². The van der Waals surface area contributed by atoms with Gasteiger partial charge in [-0.25, -0.2) is 0 Å². The van der Waals surface area contributed by atoms with Crippen LogP contribution in [0.25, 0.3) is 0 Å². The van der Waals surface area contributed by atoms with Crippen molar-refractivity contribution in [2.75, 3.05) is 0 Å². The SMILES string of the molecule is O=C(NNC(=O)c1ccccc1Oc1ccccc1)c1ccc([N+](=O)[O-])cc1. The molecule has 3 rings (SSSR count). The molecule has 0 aromatic heterocycles. The van der Waals surface area contributed by atoms with E-state index < -0.39 is 16.7 Å². The third-order valence-corrected chi connectivity index (χ3v) is 3.73. The molecule has 0 atom stereocenters. The second kappa shape index (κ2) is 8.45. The summed E-state index contributed by atoms with van der Waals surface area (Å²) < 4.78 is 5.72. The van der Waals surface area contributed by atoms with E-state index in [-0.39, 0.29) is 16.8 Å². The molecule has 0 saturated heterocycles. The number of ether oxygens (including phenoxy) is 1. The Labute approximate surface area is 159 Å². The van der Waals surface area contributed by atoms with Crippen LogP contribution in [0.15, 0.2) is 78.9 Å². The zero-order valence-corrected chi connectivity index (χ0v) is 14.5. The van der Waals surface area contributed by atoms with E-state index in [0.29, 0.717) is 11.5 Å². The number of amides is 2. The molecule has 28 heavy (non-hydrogen) atoms. The average molecular weight is 377 g/mol. The number of nitrogens with zero attached hydrogens (tertiary/aromatic N) is 1. The molecule has 0 spiro atoms. The van der Waals surface area contributed by atoms with Gasteiger partial charge in [0.25, 0.3) is 17.5 Å². The summed E-state index contributed by atoms with van der Waals surface area (Å²) in [6, 6.07) is 20.6. The van der Waals surface area contributed by atoms with E-state index in [0.717, 1.165) is 0 Å². The molecule has 0 bridgehead atoms. The maximum Gasteiger partial charge on any atom is 0.273 e. The van der Waals surface area contributed by atoms with Gasteiger partial charge in [-0.05, 0) is 36.4 Å². The van der Waals surface area contributed by atoms with E-state index in [2.05, 4.69) is 10.9 Å². The molecule has 0 saturated carbocycles. The van der Waals surface area contributed by atoms with Crippen LogP contribution in [0.3, 0.4) is 0 Å². The first-order valence-electron chi connectivity index (χ1n) is 8.21. The quantitative estimate of drug-likeness (QED) is 0.522. The van der Waals surface area contributed by atoms with Gasteiger partial charge in [-0.2, -0.15) is 0 Å². The average Bonchev–Trinajstić information content (AvgIpc) is 2.73. The Hall–Kier alpha value is -4.20. The van der Waals surface area contributed by atoms with Crippen molar-refractivity contribution < 1.29 is 19.2 Å². The minimum absolute atomic E-state index is 0.132. The highest BCUT2D eigenvalue weighted by Gasteiger charge is 2.15. The zero-order chi connectivity index (χ0) is 19.9. The maximum atomic E-state index is 12.4. The molecule has 0 aliphatic heterocycles. The lowest BCUT2D eigenvalue weighted by Crippen LogP contribution is -2.41. The van der Waals surface area contributed by atoms with E-state index in [1.807, 2.05) is 18.2 Å². The van der Waals surface area contributed by atoms with Gasteiger partial charge < -0.3 is 4.74 Å². The molecule has 140 valence electrons. The van der Waals surface area contributed by atoms with Gasteiger partial charge in [-0.15, -0.1) is 0 Å². The molecule has 3 aromatic rings. The molecular formula is C20H15N3O5. The van der Waals surface area contributed by atoms with E-state index in [1.54, 1.807) is 36.4 Å². The van der Waals surface area contributed by atoms with Gasteiger partial charge in [0.2, 0.25) is 0 Å². The lowest BCUT2D eigenvalue weighted by molar-refractivity contribution is -0.384. The third kappa shape index (κ3) is 4.50. The molecule has 0 aliphatic carbocycles. The van der Waals surface area contributed by atoms with Crippen LogP contribution in [0.4, 0.5) is 5.69 Å². The Morgan fingerprint density at radius 1 is 0.786 bits per heavy atom. The van der Waals surface area contributed by atoms with E-state index in [1.165, 1.54) is 24.3 Å². The van der Waals surface area contributed by atoms with Crippen LogP contribution in [0, 0.1) is 10.1 Å². The summed E-state index contributed by atoms with van der Waals surface area (Å²) in [5.74, 6) is -0.278. The van der Waals surface area contributed by atoms with E-state index in [9.17, 15) is 19.7 Å². The molecule has 0 aliphatic rings. The number of hydrogen-bond acceptors (Lipinski definition) is 5. The van der Waals surface area contributed by atoms with Crippen LogP contribution in [-0.4, -0.2) is 16.7 Å². The Morgan fingerprint density at radius 3 is 2.07 bits per heavy atom. The third-order valence-electron chi connectivity index (χ3n) is 3.73. The van der Waals surface area contributed by atoms with Gasteiger partial charge in [0.1, 0.15) is 11.5 Å². The molecule has 0 heterocycles. The van der Waals surface area contributed by atoms with Crippen LogP contribution < -0.4 is 15.6 Å². The second-order valence-corrected chi connectivity index (χ2v) is 5.62. The monoisotopic (exact) mass is 377 g/mol. The van der Waals surface area contributed by atoms with Crippen molar-refractivity contribution in [2.45, 2.75) is 0 Å². The van der Waals surface area contributed by atoms with Crippen molar-refractivity contribution >= 4 is 17.5 Å². The zero-order valence-electron chi connectivity index (χ0n) is 14.5. The fourth-order valence-electron chi connectivity index (χ4n) is 2.35. The summed E-state index contributed by atoms with van der Waals surface area (Å²) in [5.41, 5.74) is 4.85. The minimum atomic E-state index is -0.607. The van der Waals surface area contributed by atoms with E-state index >= 15 is 0 Å². The Morgan fingerprint density at radius 2 is 1.39 bits per heavy atom. The molecule has 8 heteroatoms. The highest BCUT2D eigenvalue weighted by Crippen LogP contribution is 2.24. The topological polar surface area (TPSA) is 111 Å². The molecule has 0 radical (unpaired) electrons. The lowest BCUT2D eigenvalue weighted by Gasteiger charge is -2.12. The Balaban J connectivity index is 1.66. The standard InChI is InChI=1S/C20H15N3O5/c24-19(14-10-12-15(13-11-14)23(26)27)21-22-20(25)17-8-4-5-9-18(17)28-16-6-2-1-3-7-16/h1-13H,(H,21,24)(H,22,25). The number of rotatable bonds is 5. The second-order valence-electron chi connectivity index (χ2n) is 5.62. The van der Waals surface area contributed by atoms with Crippen molar-refractivity contribution in [1.29, 1.82) is 0 Å². The molecule has 3 aromatic carbocycles. The predicted molar refractivity (Wildman–Crippen MR) is 101 cm³/mol. The van der Waals surface area contributed by atoms with Gasteiger partial charge in [-0.1, -0.05) is 30.3 Å². The number of carbonyl (C=O) groups excluding carboxylic acids is 2. The number of carbonyl (C=O) groups is 2. The van der Waals surface area contributed by atoms with Gasteiger partial charge in [0.05, 0.1) is 10.5 Å². The first kappa shape index (κ1) is 18.6.